The maximum Gasteiger partial charge on any atom is 0.262 e. The minimum absolute atomic E-state index is 0.110. The minimum atomic E-state index is -0.280. The summed E-state index contributed by atoms with van der Waals surface area (Å²) >= 11 is 1.50. The number of fused-ring (bicyclic) bond motifs is 1. The Bertz CT molecular complexity index is 1510. The number of thiophene rings is 1. The molecule has 6 heteroatoms. The number of benzene rings is 3. The Morgan fingerprint density at radius 3 is 2.27 bits per heavy atom. The Balaban J connectivity index is 1.44. The molecule has 162 valence electrons. The SMILES string of the molecule is Cc1c(-c2ccccc2)sc2ncn(CC(=O)Nc3ccccc3-c3ccccc3)c(=O)c12. The summed E-state index contributed by atoms with van der Waals surface area (Å²) in [6.45, 7) is 1.83. The van der Waals surface area contributed by atoms with E-state index in [-0.39, 0.29) is 18.0 Å². The molecule has 0 saturated carbocycles. The van der Waals surface area contributed by atoms with Gasteiger partial charge >= 0.3 is 0 Å². The van der Waals surface area contributed by atoms with Gasteiger partial charge in [0, 0.05) is 16.1 Å². The summed E-state index contributed by atoms with van der Waals surface area (Å²) in [6.07, 6.45) is 1.46. The summed E-state index contributed by atoms with van der Waals surface area (Å²) < 4.78 is 1.37. The van der Waals surface area contributed by atoms with E-state index in [9.17, 15) is 9.59 Å². The number of nitrogens with one attached hydrogen (secondary N) is 1. The molecule has 0 saturated heterocycles. The molecule has 5 aromatic rings. The summed E-state index contributed by atoms with van der Waals surface area (Å²) in [5.74, 6) is -0.280. The van der Waals surface area contributed by atoms with Gasteiger partial charge in [0.15, 0.2) is 0 Å². The molecule has 5 nitrogen and oxygen atoms in total. The van der Waals surface area contributed by atoms with Gasteiger partial charge in [0.25, 0.3) is 5.56 Å². The molecule has 0 unspecified atom stereocenters. The van der Waals surface area contributed by atoms with Crippen LogP contribution in [-0.4, -0.2) is 15.5 Å². The highest BCUT2D eigenvalue weighted by atomic mass is 32.1. The Hall–Kier alpha value is -4.03. The number of aromatic nitrogens is 2. The van der Waals surface area contributed by atoms with Crippen LogP contribution < -0.4 is 10.9 Å². The van der Waals surface area contributed by atoms with Crippen molar-refractivity contribution in [2.24, 2.45) is 0 Å². The van der Waals surface area contributed by atoms with Crippen LogP contribution in [-0.2, 0) is 11.3 Å². The van der Waals surface area contributed by atoms with E-state index in [2.05, 4.69) is 10.3 Å². The molecule has 0 fully saturated rings. The molecule has 2 heterocycles. The fourth-order valence-corrected chi connectivity index (χ4v) is 5.09. The van der Waals surface area contributed by atoms with Crippen LogP contribution >= 0.6 is 11.3 Å². The first kappa shape index (κ1) is 20.8. The molecule has 1 amide bonds. The van der Waals surface area contributed by atoms with E-state index in [1.54, 1.807) is 0 Å². The number of carbonyl (C=O) groups is 1. The van der Waals surface area contributed by atoms with Gasteiger partial charge in [-0.2, -0.15) is 0 Å². The lowest BCUT2D eigenvalue weighted by molar-refractivity contribution is -0.116. The number of carbonyl (C=O) groups excluding carboxylic acids is 1. The van der Waals surface area contributed by atoms with Crippen LogP contribution in [0.5, 0.6) is 0 Å². The number of rotatable bonds is 5. The summed E-state index contributed by atoms with van der Waals surface area (Å²) in [7, 11) is 0. The fourth-order valence-electron chi connectivity index (χ4n) is 3.94. The molecule has 0 bridgehead atoms. The number of anilines is 1. The van der Waals surface area contributed by atoms with Crippen LogP contribution in [0.1, 0.15) is 5.56 Å². The number of hydrogen-bond donors (Lipinski definition) is 1. The third kappa shape index (κ3) is 4.08. The molecule has 0 radical (unpaired) electrons. The van der Waals surface area contributed by atoms with E-state index in [1.807, 2.05) is 91.9 Å². The van der Waals surface area contributed by atoms with E-state index in [4.69, 9.17) is 0 Å². The highest BCUT2D eigenvalue weighted by molar-refractivity contribution is 7.22. The van der Waals surface area contributed by atoms with Crippen molar-refractivity contribution in [3.8, 4) is 21.6 Å². The van der Waals surface area contributed by atoms with E-state index in [0.29, 0.717) is 15.9 Å². The summed E-state index contributed by atoms with van der Waals surface area (Å²) in [5, 5.41) is 3.52. The number of aryl methyl sites for hydroxylation is 1. The summed E-state index contributed by atoms with van der Waals surface area (Å²) in [5.41, 5.74) is 4.38. The predicted molar refractivity (Wildman–Crippen MR) is 135 cm³/mol. The Morgan fingerprint density at radius 2 is 1.55 bits per heavy atom. The number of amides is 1. The van der Waals surface area contributed by atoms with Crippen molar-refractivity contribution in [3.05, 3.63) is 107 Å². The van der Waals surface area contributed by atoms with Crippen molar-refractivity contribution in [1.82, 2.24) is 9.55 Å². The van der Waals surface area contributed by atoms with Crippen molar-refractivity contribution in [2.45, 2.75) is 13.5 Å². The maximum atomic E-state index is 13.2. The Kier molecular flexibility index (Phi) is 5.59. The van der Waals surface area contributed by atoms with Gasteiger partial charge < -0.3 is 5.32 Å². The highest BCUT2D eigenvalue weighted by Crippen LogP contribution is 2.35. The smallest absolute Gasteiger partial charge is 0.262 e. The van der Waals surface area contributed by atoms with E-state index in [1.165, 1.54) is 22.2 Å². The van der Waals surface area contributed by atoms with Crippen LogP contribution in [0, 0.1) is 6.92 Å². The highest BCUT2D eigenvalue weighted by Gasteiger charge is 2.17. The zero-order valence-electron chi connectivity index (χ0n) is 18.0. The Morgan fingerprint density at radius 1 is 0.909 bits per heavy atom. The third-order valence-corrected chi connectivity index (χ3v) is 6.80. The number of para-hydroxylation sites is 1. The average Bonchev–Trinajstić information content (AvgIpc) is 3.19. The van der Waals surface area contributed by atoms with Crippen LogP contribution in [0.3, 0.4) is 0 Å². The monoisotopic (exact) mass is 451 g/mol. The first-order chi connectivity index (χ1) is 16.1. The molecule has 0 atom stereocenters. The van der Waals surface area contributed by atoms with Crippen LogP contribution in [0.15, 0.2) is 96.1 Å². The summed E-state index contributed by atoms with van der Waals surface area (Å²) in [6, 6.07) is 27.5. The van der Waals surface area contributed by atoms with Gasteiger partial charge in [-0.1, -0.05) is 78.9 Å². The topological polar surface area (TPSA) is 64.0 Å². The predicted octanol–water partition coefficient (Wildman–Crippen LogP) is 5.74. The second-order valence-electron chi connectivity index (χ2n) is 7.74. The molecular formula is C27H21N3O2S. The second kappa shape index (κ2) is 8.84. The van der Waals surface area contributed by atoms with Gasteiger partial charge in [0.1, 0.15) is 11.4 Å². The van der Waals surface area contributed by atoms with Crippen LogP contribution in [0.25, 0.3) is 31.8 Å². The van der Waals surface area contributed by atoms with Gasteiger partial charge in [-0.3, -0.25) is 14.2 Å². The number of nitrogens with zero attached hydrogens (tertiary/aromatic N) is 2. The van der Waals surface area contributed by atoms with Gasteiger partial charge in [-0.25, -0.2) is 4.98 Å². The zero-order valence-corrected chi connectivity index (χ0v) is 18.8. The van der Waals surface area contributed by atoms with Gasteiger partial charge in [0.2, 0.25) is 5.91 Å². The largest absolute Gasteiger partial charge is 0.324 e. The normalized spacial score (nSPS) is 10.9. The second-order valence-corrected chi connectivity index (χ2v) is 8.74. The minimum Gasteiger partial charge on any atom is -0.324 e. The lowest BCUT2D eigenvalue weighted by atomic mass is 10.0. The van der Waals surface area contributed by atoms with E-state index in [0.717, 1.165) is 27.1 Å². The molecular weight excluding hydrogens is 430 g/mol. The van der Waals surface area contributed by atoms with Crippen molar-refractivity contribution in [1.29, 1.82) is 0 Å². The standard InChI is InChI=1S/C27H21N3O2S/c1-18-24-26(33-25(18)20-12-6-3-7-13-20)28-17-30(27(24)32)16-23(31)29-22-15-9-8-14-21(22)19-10-4-2-5-11-19/h2-15,17H,16H2,1H3,(H,29,31). The maximum absolute atomic E-state index is 13.2. The molecule has 33 heavy (non-hydrogen) atoms. The third-order valence-electron chi connectivity index (χ3n) is 5.55. The van der Waals surface area contributed by atoms with Crippen molar-refractivity contribution in [2.75, 3.05) is 5.32 Å². The van der Waals surface area contributed by atoms with E-state index >= 15 is 0 Å². The van der Waals surface area contributed by atoms with Crippen LogP contribution in [0.2, 0.25) is 0 Å². The lowest BCUT2D eigenvalue weighted by Crippen LogP contribution is -2.28. The van der Waals surface area contributed by atoms with Gasteiger partial charge in [-0.05, 0) is 29.7 Å². The Labute approximate surface area is 195 Å². The molecule has 0 aliphatic heterocycles. The molecule has 0 spiro atoms. The van der Waals surface area contributed by atoms with Gasteiger partial charge in [0.05, 0.1) is 11.7 Å². The average molecular weight is 452 g/mol. The quantitative estimate of drug-likeness (QED) is 0.371. The first-order valence-corrected chi connectivity index (χ1v) is 11.4. The van der Waals surface area contributed by atoms with Crippen molar-refractivity contribution >= 4 is 33.1 Å². The van der Waals surface area contributed by atoms with E-state index < -0.39 is 0 Å². The summed E-state index contributed by atoms with van der Waals surface area (Å²) in [4.78, 5) is 32.3. The molecule has 1 N–H and O–H groups in total. The van der Waals surface area contributed by atoms with Crippen molar-refractivity contribution in [3.63, 3.8) is 0 Å². The van der Waals surface area contributed by atoms with Gasteiger partial charge in [-0.15, -0.1) is 11.3 Å². The van der Waals surface area contributed by atoms with Crippen molar-refractivity contribution < 1.29 is 4.79 Å². The first-order valence-electron chi connectivity index (χ1n) is 10.6. The molecule has 0 aliphatic carbocycles. The van der Waals surface area contributed by atoms with Crippen LogP contribution in [0.4, 0.5) is 5.69 Å². The number of hydrogen-bond acceptors (Lipinski definition) is 4. The molecule has 2 aromatic heterocycles. The molecule has 3 aromatic carbocycles. The lowest BCUT2D eigenvalue weighted by Gasteiger charge is -2.12. The molecule has 0 aliphatic rings. The molecule has 5 rings (SSSR count). The fraction of sp³-hybridized carbons (Fsp3) is 0.0741. The zero-order chi connectivity index (χ0) is 22.8.